The number of methoxy groups -OCH3 is 1. The van der Waals surface area contributed by atoms with Gasteiger partial charge >= 0.3 is 12.1 Å². The zero-order valence-corrected chi connectivity index (χ0v) is 15.9. The lowest BCUT2D eigenvalue weighted by atomic mass is 9.85. The van der Waals surface area contributed by atoms with Crippen molar-refractivity contribution in [3.05, 3.63) is 77.6 Å². The molecule has 0 heterocycles. The fraction of sp³-hybridized carbons (Fsp3) is 0.227. The van der Waals surface area contributed by atoms with Crippen molar-refractivity contribution in [2.75, 3.05) is 7.11 Å². The molecular formula is C22H18F4O4. The summed E-state index contributed by atoms with van der Waals surface area (Å²) in [5.74, 6) is -1.63. The van der Waals surface area contributed by atoms with Gasteiger partial charge in [0.05, 0.1) is 13.5 Å². The molecule has 0 aliphatic heterocycles. The van der Waals surface area contributed by atoms with E-state index in [4.69, 9.17) is 14.6 Å². The fourth-order valence-electron chi connectivity index (χ4n) is 3.20. The maximum atomic E-state index is 14.1. The SMILES string of the molecule is COc1cc(CC(=O)O)cc(OC2(C(F)(F)F)C=CC=C(c3ccc(F)cc3)C2)c1. The molecule has 2 aromatic rings. The highest BCUT2D eigenvalue weighted by Crippen LogP contribution is 2.45. The molecule has 4 nitrogen and oxygen atoms in total. The molecule has 3 rings (SSSR count). The quantitative estimate of drug-likeness (QED) is 0.652. The number of aliphatic carboxylic acids is 1. The lowest BCUT2D eigenvalue weighted by Crippen LogP contribution is -2.49. The van der Waals surface area contributed by atoms with Crippen LogP contribution >= 0.6 is 0 Å². The number of rotatable bonds is 6. The second kappa shape index (κ2) is 8.22. The average Bonchev–Trinajstić information content (AvgIpc) is 2.67. The normalized spacial score (nSPS) is 18.6. The molecule has 0 saturated heterocycles. The van der Waals surface area contributed by atoms with E-state index in [0.717, 1.165) is 6.08 Å². The third kappa shape index (κ3) is 4.64. The van der Waals surface area contributed by atoms with Crippen molar-refractivity contribution in [1.29, 1.82) is 0 Å². The van der Waals surface area contributed by atoms with Crippen molar-refractivity contribution in [3.8, 4) is 11.5 Å². The average molecular weight is 422 g/mol. The molecule has 0 aromatic heterocycles. The van der Waals surface area contributed by atoms with Gasteiger partial charge in [-0.1, -0.05) is 24.3 Å². The Kier molecular flexibility index (Phi) is 5.87. The number of benzene rings is 2. The maximum Gasteiger partial charge on any atom is 0.432 e. The van der Waals surface area contributed by atoms with Crippen molar-refractivity contribution in [1.82, 2.24) is 0 Å². The zero-order valence-electron chi connectivity index (χ0n) is 15.9. The van der Waals surface area contributed by atoms with Gasteiger partial charge in [0.15, 0.2) is 0 Å². The zero-order chi connectivity index (χ0) is 21.9. The predicted octanol–water partition coefficient (Wildman–Crippen LogP) is 5.18. The number of ether oxygens (including phenoxy) is 2. The topological polar surface area (TPSA) is 55.8 Å². The Balaban J connectivity index is 1.98. The van der Waals surface area contributed by atoms with Crippen molar-refractivity contribution in [2.24, 2.45) is 0 Å². The molecule has 8 heteroatoms. The largest absolute Gasteiger partial charge is 0.497 e. The Morgan fingerprint density at radius 3 is 2.40 bits per heavy atom. The van der Waals surface area contributed by atoms with E-state index in [-0.39, 0.29) is 17.1 Å². The van der Waals surface area contributed by atoms with Crippen LogP contribution in [0.2, 0.25) is 0 Å². The first kappa shape index (κ1) is 21.4. The van der Waals surface area contributed by atoms with E-state index in [9.17, 15) is 22.4 Å². The lowest BCUT2D eigenvalue weighted by Gasteiger charge is -2.36. The molecular weight excluding hydrogens is 404 g/mol. The smallest absolute Gasteiger partial charge is 0.432 e. The number of alkyl halides is 3. The second-order valence-corrected chi connectivity index (χ2v) is 6.81. The maximum absolute atomic E-state index is 14.1. The van der Waals surface area contributed by atoms with Crippen LogP contribution in [0.4, 0.5) is 17.6 Å². The first-order valence-electron chi connectivity index (χ1n) is 8.92. The minimum absolute atomic E-state index is 0.173. The van der Waals surface area contributed by atoms with Gasteiger partial charge in [0.1, 0.15) is 17.3 Å². The van der Waals surface area contributed by atoms with Crippen LogP contribution in [0.3, 0.4) is 0 Å². The van der Waals surface area contributed by atoms with Crippen molar-refractivity contribution >= 4 is 11.5 Å². The van der Waals surface area contributed by atoms with Gasteiger partial charge in [-0.15, -0.1) is 0 Å². The molecule has 0 fully saturated rings. The molecule has 0 amide bonds. The van der Waals surface area contributed by atoms with Crippen LogP contribution < -0.4 is 9.47 Å². The Morgan fingerprint density at radius 1 is 1.13 bits per heavy atom. The first-order chi connectivity index (χ1) is 14.1. The third-order valence-corrected chi connectivity index (χ3v) is 4.64. The van der Waals surface area contributed by atoms with Crippen molar-refractivity contribution in [3.63, 3.8) is 0 Å². The van der Waals surface area contributed by atoms with E-state index in [1.165, 1.54) is 61.7 Å². The van der Waals surface area contributed by atoms with Gasteiger partial charge in [-0.25, -0.2) is 4.39 Å². The van der Waals surface area contributed by atoms with Crippen LogP contribution in [0.1, 0.15) is 17.5 Å². The van der Waals surface area contributed by atoms with E-state index >= 15 is 0 Å². The summed E-state index contributed by atoms with van der Waals surface area (Å²) in [5.41, 5.74) is -1.68. The molecule has 0 radical (unpaired) electrons. The molecule has 0 bridgehead atoms. The van der Waals surface area contributed by atoms with Crippen LogP contribution in [0.5, 0.6) is 11.5 Å². The summed E-state index contributed by atoms with van der Waals surface area (Å²) in [6.07, 6.45) is -2.04. The van der Waals surface area contributed by atoms with E-state index < -0.39 is 36.4 Å². The Labute approximate surface area is 170 Å². The highest BCUT2D eigenvalue weighted by Gasteiger charge is 2.56. The number of carboxylic acid groups (broad SMARTS) is 1. The Morgan fingerprint density at radius 2 is 1.80 bits per heavy atom. The molecule has 1 N–H and O–H groups in total. The van der Waals surface area contributed by atoms with E-state index in [1.807, 2.05) is 0 Å². The standard InChI is InChI=1S/C22H18F4O4/c1-29-18-9-14(11-20(27)28)10-19(12-18)30-21(22(24,25)26)8-2-3-16(13-21)15-4-6-17(23)7-5-15/h2-10,12H,11,13H2,1H3,(H,27,28). The third-order valence-electron chi connectivity index (χ3n) is 4.64. The summed E-state index contributed by atoms with van der Waals surface area (Å²) in [7, 11) is 1.32. The molecule has 1 atom stereocenters. The van der Waals surface area contributed by atoms with Crippen LogP contribution in [0, 0.1) is 5.82 Å². The van der Waals surface area contributed by atoms with Gasteiger partial charge in [0.2, 0.25) is 5.60 Å². The van der Waals surface area contributed by atoms with Crippen molar-refractivity contribution in [2.45, 2.75) is 24.6 Å². The second-order valence-electron chi connectivity index (χ2n) is 6.81. The van der Waals surface area contributed by atoms with Gasteiger partial charge < -0.3 is 14.6 Å². The summed E-state index contributed by atoms with van der Waals surface area (Å²) < 4.78 is 66.1. The van der Waals surface area contributed by atoms with Gasteiger partial charge in [-0.05, 0) is 47.0 Å². The summed E-state index contributed by atoms with van der Waals surface area (Å²) in [5, 5.41) is 9.00. The van der Waals surface area contributed by atoms with Gasteiger partial charge in [-0.3, -0.25) is 4.79 Å². The van der Waals surface area contributed by atoms with Crippen molar-refractivity contribution < 1.29 is 36.9 Å². The lowest BCUT2D eigenvalue weighted by molar-refractivity contribution is -0.227. The van der Waals surface area contributed by atoms with Gasteiger partial charge in [0, 0.05) is 12.5 Å². The molecule has 0 saturated carbocycles. The van der Waals surface area contributed by atoms with Crippen LogP contribution in [0.15, 0.2) is 60.7 Å². The highest BCUT2D eigenvalue weighted by atomic mass is 19.4. The van der Waals surface area contributed by atoms with E-state index in [1.54, 1.807) is 0 Å². The van der Waals surface area contributed by atoms with E-state index in [2.05, 4.69) is 0 Å². The Bertz CT molecular complexity index is 993. The summed E-state index contributed by atoms with van der Waals surface area (Å²) in [6, 6.07) is 9.07. The van der Waals surface area contributed by atoms with Crippen LogP contribution in [-0.4, -0.2) is 30.0 Å². The molecule has 158 valence electrons. The minimum Gasteiger partial charge on any atom is -0.497 e. The molecule has 1 aliphatic carbocycles. The minimum atomic E-state index is -4.78. The number of allylic oxidation sites excluding steroid dienone is 2. The highest BCUT2D eigenvalue weighted by molar-refractivity contribution is 5.71. The number of carboxylic acids is 1. The molecule has 2 aromatic carbocycles. The molecule has 30 heavy (non-hydrogen) atoms. The first-order valence-corrected chi connectivity index (χ1v) is 8.92. The van der Waals surface area contributed by atoms with Gasteiger partial charge in [0.25, 0.3) is 0 Å². The van der Waals surface area contributed by atoms with E-state index in [0.29, 0.717) is 11.1 Å². The predicted molar refractivity (Wildman–Crippen MR) is 102 cm³/mol. The Hall–Kier alpha value is -3.29. The fourth-order valence-corrected chi connectivity index (χ4v) is 3.20. The molecule has 1 aliphatic rings. The van der Waals surface area contributed by atoms with Crippen LogP contribution in [0.25, 0.3) is 5.57 Å². The number of hydrogen-bond donors (Lipinski definition) is 1. The summed E-state index contributed by atoms with van der Waals surface area (Å²) in [6.45, 7) is 0. The monoisotopic (exact) mass is 422 g/mol. The number of halogens is 4. The summed E-state index contributed by atoms with van der Waals surface area (Å²) in [4.78, 5) is 11.0. The summed E-state index contributed by atoms with van der Waals surface area (Å²) >= 11 is 0. The molecule has 0 spiro atoms. The number of carbonyl (C=O) groups is 1. The van der Waals surface area contributed by atoms with Gasteiger partial charge in [-0.2, -0.15) is 13.2 Å². The van der Waals surface area contributed by atoms with Crippen LogP contribution in [-0.2, 0) is 11.2 Å². The number of hydrogen-bond acceptors (Lipinski definition) is 3. The molecule has 1 unspecified atom stereocenters.